The lowest BCUT2D eigenvalue weighted by Crippen LogP contribution is -2.28. The number of urea groups is 1. The summed E-state index contributed by atoms with van der Waals surface area (Å²) in [7, 11) is 0. The van der Waals surface area contributed by atoms with Crippen molar-refractivity contribution >= 4 is 52.2 Å². The zero-order valence-electron chi connectivity index (χ0n) is 18.6. The van der Waals surface area contributed by atoms with E-state index >= 15 is 0 Å². The molecule has 1 aliphatic carbocycles. The van der Waals surface area contributed by atoms with Gasteiger partial charge in [0.05, 0.1) is 21.3 Å². The molecule has 1 aliphatic rings. The average molecular weight is 496 g/mol. The molecular weight excluding hydrogens is 470 g/mol. The molecule has 1 saturated carbocycles. The lowest BCUT2D eigenvalue weighted by atomic mass is 9.94. The number of nitrogens with zero attached hydrogens (tertiary/aromatic N) is 3. The molecule has 2 aromatic heterocycles. The molecule has 5 N–H and O–H groups in total. The van der Waals surface area contributed by atoms with E-state index in [-0.39, 0.29) is 11.7 Å². The number of Topliss-reactive ketones (excluding diaryl/α,β-unsaturated/α-hetero) is 1. The molecule has 1 fully saturated rings. The van der Waals surface area contributed by atoms with E-state index in [0.29, 0.717) is 36.7 Å². The second-order valence-electron chi connectivity index (χ2n) is 7.87. The number of anilines is 1. The van der Waals surface area contributed by atoms with Crippen molar-refractivity contribution in [3.8, 4) is 0 Å². The third-order valence-electron chi connectivity index (χ3n) is 5.41. The molecule has 0 radical (unpaired) electrons. The monoisotopic (exact) mass is 495 g/mol. The summed E-state index contributed by atoms with van der Waals surface area (Å²) in [6.45, 7) is 5.85. The molecule has 34 heavy (non-hydrogen) atoms. The first kappa shape index (κ1) is 23.8. The number of aryl methyl sites for hydroxylation is 1. The molecule has 2 heterocycles. The van der Waals surface area contributed by atoms with Gasteiger partial charge in [0.15, 0.2) is 11.4 Å². The number of ketones is 1. The maximum Gasteiger partial charge on any atom is 0.324 e. The normalized spacial score (nSPS) is 14.3. The van der Waals surface area contributed by atoms with Gasteiger partial charge in [-0.1, -0.05) is 54.6 Å². The van der Waals surface area contributed by atoms with Crippen LogP contribution in [0.15, 0.2) is 57.9 Å². The largest absolute Gasteiger partial charge is 0.403 e. The van der Waals surface area contributed by atoms with Crippen LogP contribution in [0.25, 0.3) is 11.2 Å². The summed E-state index contributed by atoms with van der Waals surface area (Å²) >= 11 is 2.50. The molecule has 176 valence electrons. The number of aromatic nitrogens is 4. The average Bonchev–Trinajstić information content (AvgIpc) is 3.52. The summed E-state index contributed by atoms with van der Waals surface area (Å²) < 4.78 is 0.660. The van der Waals surface area contributed by atoms with Crippen LogP contribution in [0.2, 0.25) is 0 Å². The minimum absolute atomic E-state index is 0.0216. The molecule has 0 saturated heterocycles. The first-order valence-corrected chi connectivity index (χ1v) is 12.4. The van der Waals surface area contributed by atoms with Gasteiger partial charge < -0.3 is 21.4 Å². The fourth-order valence-electron chi connectivity index (χ4n) is 3.81. The van der Waals surface area contributed by atoms with E-state index in [1.165, 1.54) is 36.1 Å². The molecule has 0 unspecified atom stereocenters. The van der Waals surface area contributed by atoms with Crippen LogP contribution < -0.4 is 16.4 Å². The van der Waals surface area contributed by atoms with Crippen molar-refractivity contribution in [2.45, 2.75) is 37.6 Å². The van der Waals surface area contributed by atoms with E-state index in [2.05, 4.69) is 37.1 Å². The van der Waals surface area contributed by atoms with Gasteiger partial charge >= 0.3 is 6.03 Å². The zero-order chi connectivity index (χ0) is 24.1. The minimum Gasteiger partial charge on any atom is -0.403 e. The molecule has 1 aromatic carbocycles. The summed E-state index contributed by atoms with van der Waals surface area (Å²) in [5.41, 5.74) is 9.05. The molecular formula is C23H25N7O2S2. The van der Waals surface area contributed by atoms with E-state index in [1.807, 2.05) is 19.1 Å². The number of hydrogen-bond acceptors (Lipinski definition) is 8. The molecule has 3 aromatic rings. The number of rotatable bonds is 8. The Balaban J connectivity index is 1.39. The van der Waals surface area contributed by atoms with Gasteiger partial charge in [-0.05, 0) is 31.9 Å². The molecule has 11 heteroatoms. The van der Waals surface area contributed by atoms with Crippen LogP contribution >= 0.6 is 23.5 Å². The van der Waals surface area contributed by atoms with E-state index in [0.717, 1.165) is 31.2 Å². The number of amides is 2. The van der Waals surface area contributed by atoms with Crippen molar-refractivity contribution in [2.24, 2.45) is 11.7 Å². The Hall–Kier alpha value is -3.31. The quantitative estimate of drug-likeness (QED) is 0.196. The van der Waals surface area contributed by atoms with Gasteiger partial charge in [0.2, 0.25) is 0 Å². The molecule has 0 atom stereocenters. The number of H-pyrrole nitrogens is 1. The molecule has 0 spiro atoms. The summed E-state index contributed by atoms with van der Waals surface area (Å²) in [4.78, 5) is 41.2. The van der Waals surface area contributed by atoms with Crippen molar-refractivity contribution in [3.63, 3.8) is 0 Å². The Labute approximate surface area is 205 Å². The second-order valence-corrected chi connectivity index (χ2v) is 10.3. The number of carbonyl (C=O) groups is 2. The second kappa shape index (κ2) is 10.7. The van der Waals surface area contributed by atoms with Crippen molar-refractivity contribution in [1.29, 1.82) is 0 Å². The Morgan fingerprint density at radius 2 is 2.03 bits per heavy atom. The lowest BCUT2D eigenvalue weighted by Gasteiger charge is -2.15. The predicted molar refractivity (Wildman–Crippen MR) is 136 cm³/mol. The number of thioether (sulfide) groups is 2. The van der Waals surface area contributed by atoms with Gasteiger partial charge in [-0.3, -0.25) is 4.79 Å². The molecule has 9 nitrogen and oxygen atoms in total. The first-order valence-electron chi connectivity index (χ1n) is 10.8. The van der Waals surface area contributed by atoms with Crippen molar-refractivity contribution in [3.05, 3.63) is 64.0 Å². The smallest absolute Gasteiger partial charge is 0.324 e. The number of benzene rings is 1. The lowest BCUT2D eigenvalue weighted by molar-refractivity contribution is 0.0923. The Morgan fingerprint density at radius 3 is 2.79 bits per heavy atom. The Bertz CT molecular complexity index is 1270. The predicted octanol–water partition coefficient (Wildman–Crippen LogP) is 4.91. The van der Waals surface area contributed by atoms with Crippen molar-refractivity contribution in [1.82, 2.24) is 25.3 Å². The summed E-state index contributed by atoms with van der Waals surface area (Å²) in [5.74, 6) is 0.109. The third-order valence-corrected chi connectivity index (χ3v) is 7.44. The van der Waals surface area contributed by atoms with E-state index < -0.39 is 6.03 Å². The number of hydrogen-bond donors (Lipinski definition) is 4. The highest BCUT2D eigenvalue weighted by atomic mass is 32.2. The van der Waals surface area contributed by atoms with Crippen LogP contribution in [-0.4, -0.2) is 31.8 Å². The van der Waals surface area contributed by atoms with E-state index in [4.69, 9.17) is 5.73 Å². The van der Waals surface area contributed by atoms with Crippen LogP contribution in [0.3, 0.4) is 0 Å². The first-order chi connectivity index (χ1) is 16.4. The van der Waals surface area contributed by atoms with Crippen LogP contribution in [0.5, 0.6) is 0 Å². The molecule has 4 rings (SSSR count). The number of nitrogens with one attached hydrogen (secondary N) is 3. The maximum atomic E-state index is 13.0. The van der Waals surface area contributed by atoms with Crippen LogP contribution in [0, 0.1) is 12.8 Å². The number of imidazole rings is 1. The zero-order valence-corrected chi connectivity index (χ0v) is 20.3. The third kappa shape index (κ3) is 5.60. The fourth-order valence-corrected chi connectivity index (χ4v) is 5.58. The Morgan fingerprint density at radius 1 is 1.24 bits per heavy atom. The number of nitrogens with two attached hydrogens (primary N) is 1. The van der Waals surface area contributed by atoms with Crippen molar-refractivity contribution < 1.29 is 9.59 Å². The highest BCUT2D eigenvalue weighted by Crippen LogP contribution is 2.38. The van der Waals surface area contributed by atoms with E-state index in [9.17, 15) is 9.59 Å². The highest BCUT2D eigenvalue weighted by Gasteiger charge is 2.26. The van der Waals surface area contributed by atoms with Crippen LogP contribution in [0.4, 0.5) is 10.5 Å². The van der Waals surface area contributed by atoms with Gasteiger partial charge in [0.25, 0.3) is 0 Å². The summed E-state index contributed by atoms with van der Waals surface area (Å²) in [5, 5.41) is 6.52. The topological polar surface area (TPSA) is 139 Å². The standard InChI is InChI=1S/C23H25N7O2S2/c1-13-7-8-17(16(9-13)20(31)15-5-3-4-6-15)30-23(32)29-14(2)33-18(10-24)34-22-19-21(26-11-25-19)27-12-28-22/h7-12,15H,2-6,24H2,1H3,(H2,29,30,32)(H,25,26,27,28)/b18-10+. The molecule has 0 bridgehead atoms. The number of aromatic amines is 1. The van der Waals surface area contributed by atoms with Gasteiger partial charge in [-0.2, -0.15) is 0 Å². The molecule has 2 amide bonds. The van der Waals surface area contributed by atoms with Gasteiger partial charge in [-0.15, -0.1) is 0 Å². The van der Waals surface area contributed by atoms with Gasteiger partial charge in [0.1, 0.15) is 16.9 Å². The maximum absolute atomic E-state index is 13.0. The Kier molecular flexibility index (Phi) is 7.53. The van der Waals surface area contributed by atoms with Gasteiger partial charge in [0, 0.05) is 17.7 Å². The minimum atomic E-state index is -0.485. The van der Waals surface area contributed by atoms with Crippen molar-refractivity contribution in [2.75, 3.05) is 5.32 Å². The highest BCUT2D eigenvalue weighted by molar-refractivity contribution is 8.24. The summed E-state index contributed by atoms with van der Waals surface area (Å²) in [6.07, 6.45) is 8.32. The van der Waals surface area contributed by atoms with Crippen LogP contribution in [0.1, 0.15) is 41.6 Å². The fraction of sp³-hybridized carbons (Fsp3) is 0.261. The van der Waals surface area contributed by atoms with Gasteiger partial charge in [-0.25, -0.2) is 19.7 Å². The number of fused-ring (bicyclic) bond motifs is 1. The SMILES string of the molecule is C=C(NC(=O)Nc1ccc(C)cc1C(=O)C1CCCC1)S/C(=C\N)Sc1ncnc2nc[nH]c12. The van der Waals surface area contributed by atoms with E-state index in [1.54, 1.807) is 12.4 Å². The molecule has 0 aliphatic heterocycles. The van der Waals surface area contributed by atoms with Crippen LogP contribution in [-0.2, 0) is 0 Å². The summed E-state index contributed by atoms with van der Waals surface area (Å²) in [6, 6.07) is 4.98. The number of carbonyl (C=O) groups excluding carboxylic acids is 2.